The molecule has 0 saturated carbocycles. The van der Waals surface area contributed by atoms with Crippen LogP contribution in [0.25, 0.3) is 0 Å². The molecule has 0 bridgehead atoms. The zero-order valence-corrected chi connectivity index (χ0v) is 58.9. The van der Waals surface area contributed by atoms with Crippen molar-refractivity contribution in [2.24, 2.45) is 0 Å². The predicted octanol–water partition coefficient (Wildman–Crippen LogP) is 21.0. The van der Waals surface area contributed by atoms with Gasteiger partial charge in [0.25, 0.3) is 0 Å². The first-order valence-corrected chi connectivity index (χ1v) is 39.5. The van der Waals surface area contributed by atoms with Gasteiger partial charge in [0.15, 0.2) is 6.29 Å². The second kappa shape index (κ2) is 67.8. The molecular formula is C78H151NO10. The largest absolute Gasteiger partial charge is 0.466 e. The molecule has 1 aliphatic heterocycles. The van der Waals surface area contributed by atoms with E-state index in [1.165, 1.54) is 334 Å². The highest BCUT2D eigenvalue weighted by atomic mass is 16.7. The van der Waals surface area contributed by atoms with Crippen LogP contribution < -0.4 is 5.32 Å². The molecule has 1 saturated heterocycles. The van der Waals surface area contributed by atoms with Crippen LogP contribution >= 0.6 is 0 Å². The first kappa shape index (κ1) is 85.4. The zero-order chi connectivity index (χ0) is 64.4. The molecule has 7 atom stereocenters. The maximum atomic E-state index is 13.0. The minimum absolute atomic E-state index is 0.0208. The summed E-state index contributed by atoms with van der Waals surface area (Å²) >= 11 is 0. The Morgan fingerprint density at radius 3 is 1.04 bits per heavy atom. The number of ether oxygens (including phenoxy) is 3. The lowest BCUT2D eigenvalue weighted by Gasteiger charge is -2.40. The molecule has 1 rings (SSSR count). The van der Waals surface area contributed by atoms with Gasteiger partial charge in [-0.25, -0.2) is 0 Å². The fourth-order valence-corrected chi connectivity index (χ4v) is 13.0. The van der Waals surface area contributed by atoms with Crippen molar-refractivity contribution in [3.63, 3.8) is 0 Å². The third kappa shape index (κ3) is 56.5. The van der Waals surface area contributed by atoms with Crippen LogP contribution in [0.2, 0.25) is 0 Å². The van der Waals surface area contributed by atoms with E-state index in [1.807, 2.05) is 6.08 Å². The van der Waals surface area contributed by atoms with Crippen molar-refractivity contribution in [2.45, 2.75) is 455 Å². The summed E-state index contributed by atoms with van der Waals surface area (Å²) in [6.07, 6.45) is 75.6. The van der Waals surface area contributed by atoms with Gasteiger partial charge in [-0.2, -0.15) is 0 Å². The Bertz CT molecular complexity index is 1480. The van der Waals surface area contributed by atoms with Crippen LogP contribution in [0.5, 0.6) is 0 Å². The SMILES string of the molecule is CCCCCCCCC/C=C/C(O)C(COC1OC(CO)C(O)C(O)C1O)NC(=O)CCCCCCCCCCCCCCCCCCCCCCCCCCCCCCCCCCCCCCCCCOC(=O)CCCCCCCCCCCCCCC. The van der Waals surface area contributed by atoms with Crippen molar-refractivity contribution in [1.29, 1.82) is 0 Å². The monoisotopic (exact) mass is 1260 g/mol. The summed E-state index contributed by atoms with van der Waals surface area (Å²) in [7, 11) is 0. The quantitative estimate of drug-likeness (QED) is 0.0195. The number of carbonyl (C=O) groups excluding carboxylic acids is 2. The summed E-state index contributed by atoms with van der Waals surface area (Å²) in [5.41, 5.74) is 0. The molecule has 0 spiro atoms. The first-order valence-electron chi connectivity index (χ1n) is 39.5. The van der Waals surface area contributed by atoms with Gasteiger partial charge < -0.3 is 45.1 Å². The number of hydrogen-bond acceptors (Lipinski definition) is 10. The van der Waals surface area contributed by atoms with Gasteiger partial charge in [-0.05, 0) is 32.1 Å². The van der Waals surface area contributed by atoms with Crippen LogP contribution in [0.4, 0.5) is 0 Å². The normalized spacial score (nSPS) is 17.7. The second-order valence-corrected chi connectivity index (χ2v) is 27.8. The van der Waals surface area contributed by atoms with Gasteiger partial charge in [0, 0.05) is 12.8 Å². The number of amides is 1. The van der Waals surface area contributed by atoms with E-state index in [9.17, 15) is 35.1 Å². The molecule has 0 aromatic rings. The lowest BCUT2D eigenvalue weighted by Crippen LogP contribution is -2.60. The summed E-state index contributed by atoms with van der Waals surface area (Å²) in [6, 6.07) is -0.803. The van der Waals surface area contributed by atoms with Crippen molar-refractivity contribution < 1.29 is 49.3 Å². The van der Waals surface area contributed by atoms with Gasteiger partial charge in [0.2, 0.25) is 5.91 Å². The molecule has 11 nitrogen and oxygen atoms in total. The van der Waals surface area contributed by atoms with Gasteiger partial charge in [0.05, 0.1) is 32.0 Å². The third-order valence-corrected chi connectivity index (χ3v) is 19.2. The Morgan fingerprint density at radius 1 is 0.404 bits per heavy atom. The van der Waals surface area contributed by atoms with Crippen LogP contribution in [0, 0.1) is 0 Å². The standard InChI is InChI=1S/C78H151NO10/c1-3-5-7-9-11-13-14-42-46-50-54-58-62-66-74(83)87-67-63-59-55-51-47-44-41-39-37-35-33-31-29-27-25-23-21-19-17-15-16-18-20-22-24-26-28-30-32-34-36-38-40-43-45-49-53-57-61-65-73(82)79-70(71(81)64-60-56-52-48-12-10-8-6-4-2)69-88-78-77(86)76(85)75(84)72(68-80)89-78/h60,64,70-72,75-78,80-81,84-86H,3-59,61-63,65-69H2,1-2H3,(H,79,82)/b64-60+. The Kier molecular flexibility index (Phi) is 65.1. The van der Waals surface area contributed by atoms with Crippen LogP contribution in [-0.2, 0) is 23.8 Å². The van der Waals surface area contributed by atoms with Crippen LogP contribution in [-0.4, -0.2) is 100 Å². The van der Waals surface area contributed by atoms with E-state index < -0.39 is 49.5 Å². The number of aliphatic hydroxyl groups excluding tert-OH is 5. The maximum absolute atomic E-state index is 13.0. The number of rotatable bonds is 71. The van der Waals surface area contributed by atoms with Crippen LogP contribution in [0.3, 0.4) is 0 Å². The number of esters is 1. The molecule has 1 amide bonds. The van der Waals surface area contributed by atoms with Crippen molar-refractivity contribution in [2.75, 3.05) is 19.8 Å². The Labute approximate surface area is 550 Å². The molecule has 0 aliphatic carbocycles. The highest BCUT2D eigenvalue weighted by Gasteiger charge is 2.44. The second-order valence-electron chi connectivity index (χ2n) is 27.8. The Balaban J connectivity index is 1.83. The van der Waals surface area contributed by atoms with E-state index >= 15 is 0 Å². The van der Waals surface area contributed by atoms with Crippen LogP contribution in [0.15, 0.2) is 12.2 Å². The highest BCUT2D eigenvalue weighted by molar-refractivity contribution is 5.76. The van der Waals surface area contributed by atoms with Crippen LogP contribution in [0.1, 0.15) is 412 Å². The van der Waals surface area contributed by atoms with Crippen molar-refractivity contribution in [3.05, 3.63) is 12.2 Å². The molecule has 528 valence electrons. The minimum Gasteiger partial charge on any atom is -0.466 e. The average Bonchev–Trinajstić information content (AvgIpc) is 1.84. The smallest absolute Gasteiger partial charge is 0.305 e. The molecule has 1 aliphatic rings. The zero-order valence-electron chi connectivity index (χ0n) is 58.9. The highest BCUT2D eigenvalue weighted by Crippen LogP contribution is 2.24. The van der Waals surface area contributed by atoms with E-state index in [0.29, 0.717) is 19.4 Å². The lowest BCUT2D eigenvalue weighted by molar-refractivity contribution is -0.302. The minimum atomic E-state index is -1.57. The van der Waals surface area contributed by atoms with E-state index in [1.54, 1.807) is 6.08 Å². The molecule has 0 radical (unpaired) electrons. The molecule has 6 N–H and O–H groups in total. The maximum Gasteiger partial charge on any atom is 0.305 e. The van der Waals surface area contributed by atoms with Gasteiger partial charge in [0.1, 0.15) is 24.4 Å². The van der Waals surface area contributed by atoms with E-state index in [0.717, 1.165) is 51.4 Å². The fourth-order valence-electron chi connectivity index (χ4n) is 13.0. The van der Waals surface area contributed by atoms with Crippen molar-refractivity contribution in [1.82, 2.24) is 5.32 Å². The summed E-state index contributed by atoms with van der Waals surface area (Å²) in [6.45, 7) is 4.37. The lowest BCUT2D eigenvalue weighted by atomic mass is 9.99. The third-order valence-electron chi connectivity index (χ3n) is 19.2. The topological polar surface area (TPSA) is 175 Å². The van der Waals surface area contributed by atoms with Crippen molar-refractivity contribution in [3.8, 4) is 0 Å². The first-order chi connectivity index (χ1) is 43.7. The average molecular weight is 1260 g/mol. The summed E-state index contributed by atoms with van der Waals surface area (Å²) < 4.78 is 16.7. The molecule has 11 heteroatoms. The fraction of sp³-hybridized carbons (Fsp3) is 0.949. The predicted molar refractivity (Wildman–Crippen MR) is 375 cm³/mol. The Hall–Kier alpha value is -1.60. The van der Waals surface area contributed by atoms with Gasteiger partial charge in [-0.15, -0.1) is 0 Å². The van der Waals surface area contributed by atoms with Gasteiger partial charge >= 0.3 is 5.97 Å². The number of aliphatic hydroxyl groups is 5. The summed E-state index contributed by atoms with van der Waals surface area (Å²) in [5, 5.41) is 54.3. The van der Waals surface area contributed by atoms with E-state index in [2.05, 4.69) is 19.2 Å². The van der Waals surface area contributed by atoms with E-state index in [-0.39, 0.29) is 18.5 Å². The molecule has 7 unspecified atom stereocenters. The van der Waals surface area contributed by atoms with E-state index in [4.69, 9.17) is 14.2 Å². The van der Waals surface area contributed by atoms with Gasteiger partial charge in [-0.1, -0.05) is 379 Å². The van der Waals surface area contributed by atoms with Crippen molar-refractivity contribution >= 4 is 11.9 Å². The number of allylic oxidation sites excluding steroid dienone is 1. The molecule has 0 aromatic carbocycles. The number of unbranched alkanes of at least 4 members (excludes halogenated alkanes) is 57. The van der Waals surface area contributed by atoms with Gasteiger partial charge in [-0.3, -0.25) is 9.59 Å². The molecule has 1 fully saturated rings. The molecule has 1 heterocycles. The number of hydrogen-bond donors (Lipinski definition) is 6. The number of nitrogens with one attached hydrogen (secondary N) is 1. The summed E-state index contributed by atoms with van der Waals surface area (Å²) in [5.74, 6) is -0.154. The summed E-state index contributed by atoms with van der Waals surface area (Å²) in [4.78, 5) is 25.1. The molecular weight excluding hydrogens is 1110 g/mol. The Morgan fingerprint density at radius 2 is 0.708 bits per heavy atom. The molecule has 89 heavy (non-hydrogen) atoms. The molecule has 0 aromatic heterocycles. The number of carbonyl (C=O) groups is 2.